The van der Waals surface area contributed by atoms with E-state index in [0.29, 0.717) is 28.9 Å². The molecule has 0 saturated heterocycles. The Bertz CT molecular complexity index is 801. The van der Waals surface area contributed by atoms with Crippen LogP contribution in [0.3, 0.4) is 0 Å². The SMILES string of the molecule is O=Cc1ccnc(-n2nccc2OCc2cccc(Cl)c2)c1. The Morgan fingerprint density at radius 2 is 2.09 bits per heavy atom. The summed E-state index contributed by atoms with van der Waals surface area (Å²) in [5.41, 5.74) is 1.48. The first-order valence-corrected chi connectivity index (χ1v) is 6.97. The lowest BCUT2D eigenvalue weighted by atomic mass is 10.2. The number of aromatic nitrogens is 3. The van der Waals surface area contributed by atoms with Gasteiger partial charge in [0.25, 0.3) is 0 Å². The van der Waals surface area contributed by atoms with Gasteiger partial charge in [0.1, 0.15) is 12.9 Å². The summed E-state index contributed by atoms with van der Waals surface area (Å²) in [6.45, 7) is 0.361. The maximum Gasteiger partial charge on any atom is 0.218 e. The number of ether oxygens (including phenoxy) is 1. The second kappa shape index (κ2) is 6.41. The molecule has 2 heterocycles. The quantitative estimate of drug-likeness (QED) is 0.678. The van der Waals surface area contributed by atoms with E-state index in [0.717, 1.165) is 11.8 Å². The molecular weight excluding hydrogens is 302 g/mol. The number of pyridine rings is 1. The molecule has 3 aromatic rings. The fourth-order valence-electron chi connectivity index (χ4n) is 1.98. The van der Waals surface area contributed by atoms with Gasteiger partial charge in [-0.2, -0.15) is 9.78 Å². The van der Waals surface area contributed by atoms with Crippen molar-refractivity contribution in [3.63, 3.8) is 0 Å². The first-order chi connectivity index (χ1) is 10.8. The molecule has 3 rings (SSSR count). The molecule has 0 atom stereocenters. The molecule has 0 unspecified atom stereocenters. The molecule has 0 aliphatic carbocycles. The van der Waals surface area contributed by atoms with E-state index in [-0.39, 0.29) is 0 Å². The minimum Gasteiger partial charge on any atom is -0.473 e. The van der Waals surface area contributed by atoms with Gasteiger partial charge in [-0.3, -0.25) is 4.79 Å². The maximum absolute atomic E-state index is 10.9. The van der Waals surface area contributed by atoms with E-state index in [1.165, 1.54) is 4.68 Å². The molecule has 0 aliphatic heterocycles. The Kier molecular flexibility index (Phi) is 4.16. The van der Waals surface area contributed by atoms with E-state index in [4.69, 9.17) is 16.3 Å². The van der Waals surface area contributed by atoms with Crippen molar-refractivity contribution < 1.29 is 9.53 Å². The van der Waals surface area contributed by atoms with Crippen molar-refractivity contribution in [2.45, 2.75) is 6.61 Å². The Morgan fingerprint density at radius 1 is 1.18 bits per heavy atom. The number of halogens is 1. The number of hydrogen-bond donors (Lipinski definition) is 0. The normalized spacial score (nSPS) is 10.4. The van der Waals surface area contributed by atoms with Crippen LogP contribution in [0.2, 0.25) is 5.02 Å². The van der Waals surface area contributed by atoms with Gasteiger partial charge in [-0.15, -0.1) is 0 Å². The third-order valence-corrected chi connectivity index (χ3v) is 3.24. The number of carbonyl (C=O) groups excluding carboxylic acids is 1. The summed E-state index contributed by atoms with van der Waals surface area (Å²) in [4.78, 5) is 15.1. The highest BCUT2D eigenvalue weighted by Gasteiger charge is 2.08. The van der Waals surface area contributed by atoms with Gasteiger partial charge in [-0.1, -0.05) is 23.7 Å². The molecule has 22 heavy (non-hydrogen) atoms. The second-order valence-corrected chi connectivity index (χ2v) is 5.00. The molecule has 0 aliphatic rings. The molecule has 0 N–H and O–H groups in total. The van der Waals surface area contributed by atoms with E-state index in [1.54, 1.807) is 30.6 Å². The van der Waals surface area contributed by atoms with Crippen molar-refractivity contribution in [2.24, 2.45) is 0 Å². The lowest BCUT2D eigenvalue weighted by molar-refractivity contribution is 0.112. The fourth-order valence-corrected chi connectivity index (χ4v) is 2.19. The monoisotopic (exact) mass is 313 g/mol. The Balaban J connectivity index is 1.81. The second-order valence-electron chi connectivity index (χ2n) is 4.57. The van der Waals surface area contributed by atoms with Crippen LogP contribution >= 0.6 is 11.6 Å². The molecule has 6 heteroatoms. The van der Waals surface area contributed by atoms with Gasteiger partial charge in [0, 0.05) is 22.8 Å². The number of hydrogen-bond acceptors (Lipinski definition) is 4. The molecule has 2 aromatic heterocycles. The first-order valence-electron chi connectivity index (χ1n) is 6.59. The topological polar surface area (TPSA) is 57.0 Å². The fraction of sp³-hybridized carbons (Fsp3) is 0.0625. The van der Waals surface area contributed by atoms with Crippen LogP contribution in [0.25, 0.3) is 5.82 Å². The van der Waals surface area contributed by atoms with Crippen molar-refractivity contribution in [3.05, 3.63) is 71.0 Å². The van der Waals surface area contributed by atoms with Crippen molar-refractivity contribution in [1.82, 2.24) is 14.8 Å². The molecule has 5 nitrogen and oxygen atoms in total. The molecule has 0 fully saturated rings. The van der Waals surface area contributed by atoms with Gasteiger partial charge >= 0.3 is 0 Å². The predicted octanol–water partition coefficient (Wildman–Crippen LogP) is 3.31. The van der Waals surface area contributed by atoms with Gasteiger partial charge in [-0.25, -0.2) is 4.98 Å². The molecule has 0 spiro atoms. The predicted molar refractivity (Wildman–Crippen MR) is 82.5 cm³/mol. The molecule has 1 aromatic carbocycles. The van der Waals surface area contributed by atoms with Crippen LogP contribution < -0.4 is 4.74 Å². The number of aldehydes is 1. The summed E-state index contributed by atoms with van der Waals surface area (Å²) in [6.07, 6.45) is 3.94. The Morgan fingerprint density at radius 3 is 2.91 bits per heavy atom. The lowest BCUT2D eigenvalue weighted by Crippen LogP contribution is -2.05. The molecular formula is C16H12ClN3O2. The van der Waals surface area contributed by atoms with Crippen molar-refractivity contribution in [2.75, 3.05) is 0 Å². The number of nitrogens with zero attached hydrogens (tertiary/aromatic N) is 3. The highest BCUT2D eigenvalue weighted by molar-refractivity contribution is 6.30. The molecule has 110 valence electrons. The van der Waals surface area contributed by atoms with Crippen molar-refractivity contribution >= 4 is 17.9 Å². The number of benzene rings is 1. The zero-order valence-electron chi connectivity index (χ0n) is 11.5. The van der Waals surface area contributed by atoms with Gasteiger partial charge in [0.15, 0.2) is 5.82 Å². The summed E-state index contributed by atoms with van der Waals surface area (Å²) >= 11 is 5.95. The van der Waals surface area contributed by atoms with E-state index in [2.05, 4.69) is 10.1 Å². The lowest BCUT2D eigenvalue weighted by Gasteiger charge is -2.09. The van der Waals surface area contributed by atoms with E-state index in [1.807, 2.05) is 24.3 Å². The van der Waals surface area contributed by atoms with Crippen LogP contribution in [-0.4, -0.2) is 21.1 Å². The first kappa shape index (κ1) is 14.3. The third-order valence-electron chi connectivity index (χ3n) is 3.01. The average Bonchev–Trinajstić information content (AvgIpc) is 3.01. The van der Waals surface area contributed by atoms with Gasteiger partial charge in [0.05, 0.1) is 6.20 Å². The number of rotatable bonds is 5. The minimum atomic E-state index is 0.361. The summed E-state index contributed by atoms with van der Waals surface area (Å²) in [5.74, 6) is 1.06. The Hall–Kier alpha value is -2.66. The zero-order chi connectivity index (χ0) is 15.4. The summed E-state index contributed by atoms with van der Waals surface area (Å²) in [6, 6.07) is 12.5. The standard InChI is InChI=1S/C16H12ClN3O2/c17-14-3-1-2-13(8-14)11-22-16-5-7-19-20(16)15-9-12(10-21)4-6-18-15/h1-10H,11H2. The van der Waals surface area contributed by atoms with E-state index < -0.39 is 0 Å². The Labute approximate surface area is 132 Å². The third kappa shape index (κ3) is 3.15. The molecule has 0 bridgehead atoms. The van der Waals surface area contributed by atoms with Crippen LogP contribution in [0.15, 0.2) is 54.9 Å². The highest BCUT2D eigenvalue weighted by Crippen LogP contribution is 2.18. The molecule has 0 radical (unpaired) electrons. The van der Waals surface area contributed by atoms with Crippen LogP contribution in [0.4, 0.5) is 0 Å². The largest absolute Gasteiger partial charge is 0.473 e. The van der Waals surface area contributed by atoms with Gasteiger partial charge < -0.3 is 4.74 Å². The van der Waals surface area contributed by atoms with Crippen LogP contribution in [0, 0.1) is 0 Å². The van der Waals surface area contributed by atoms with E-state index >= 15 is 0 Å². The maximum atomic E-state index is 10.9. The highest BCUT2D eigenvalue weighted by atomic mass is 35.5. The van der Waals surface area contributed by atoms with E-state index in [9.17, 15) is 4.79 Å². The summed E-state index contributed by atoms with van der Waals surface area (Å²) < 4.78 is 7.30. The summed E-state index contributed by atoms with van der Waals surface area (Å²) in [7, 11) is 0. The molecule has 0 saturated carbocycles. The zero-order valence-corrected chi connectivity index (χ0v) is 12.3. The average molecular weight is 314 g/mol. The van der Waals surface area contributed by atoms with Gasteiger partial charge in [-0.05, 0) is 29.8 Å². The minimum absolute atomic E-state index is 0.361. The molecule has 0 amide bonds. The van der Waals surface area contributed by atoms with Crippen LogP contribution in [0.1, 0.15) is 15.9 Å². The summed E-state index contributed by atoms with van der Waals surface area (Å²) in [5, 5.41) is 4.84. The van der Waals surface area contributed by atoms with Crippen molar-refractivity contribution in [3.8, 4) is 11.7 Å². The van der Waals surface area contributed by atoms with Crippen LogP contribution in [0.5, 0.6) is 5.88 Å². The van der Waals surface area contributed by atoms with Gasteiger partial charge in [0.2, 0.25) is 5.88 Å². The van der Waals surface area contributed by atoms with Crippen LogP contribution in [-0.2, 0) is 6.61 Å². The van der Waals surface area contributed by atoms with Crippen molar-refractivity contribution in [1.29, 1.82) is 0 Å². The number of carbonyl (C=O) groups is 1. The smallest absolute Gasteiger partial charge is 0.218 e.